The number of esters is 1. The molecule has 6 nitrogen and oxygen atoms in total. The maximum atomic E-state index is 12.5. The van der Waals surface area contributed by atoms with Crippen LogP contribution in [0.4, 0.5) is 0 Å². The van der Waals surface area contributed by atoms with E-state index in [0.717, 1.165) is 45.2 Å². The molecular weight excluding hydrogens is 270 g/mol. The highest BCUT2D eigenvalue weighted by atomic mass is 16.5. The molecule has 1 atom stereocenters. The van der Waals surface area contributed by atoms with Crippen molar-refractivity contribution in [1.82, 2.24) is 9.80 Å². The summed E-state index contributed by atoms with van der Waals surface area (Å²) in [5.74, 6) is -0.213. The Kier molecular flexibility index (Phi) is 5.99. The van der Waals surface area contributed by atoms with E-state index < -0.39 is 6.04 Å². The lowest BCUT2D eigenvalue weighted by molar-refractivity contribution is -0.157. The van der Waals surface area contributed by atoms with Crippen LogP contribution in [0.5, 0.6) is 0 Å². The van der Waals surface area contributed by atoms with Gasteiger partial charge in [0.1, 0.15) is 6.04 Å². The molecule has 2 heterocycles. The van der Waals surface area contributed by atoms with E-state index in [9.17, 15) is 9.59 Å². The van der Waals surface area contributed by atoms with Gasteiger partial charge in [-0.25, -0.2) is 4.79 Å². The van der Waals surface area contributed by atoms with E-state index in [4.69, 9.17) is 10.5 Å². The molecule has 2 fully saturated rings. The number of ether oxygens (including phenoxy) is 1. The normalized spacial score (nSPS) is 24.9. The van der Waals surface area contributed by atoms with E-state index in [0.29, 0.717) is 19.7 Å². The number of likely N-dealkylation sites (tertiary alicyclic amines) is 2. The van der Waals surface area contributed by atoms with Crippen molar-refractivity contribution in [3.8, 4) is 0 Å². The second kappa shape index (κ2) is 7.75. The highest BCUT2D eigenvalue weighted by Gasteiger charge is 2.33. The Labute approximate surface area is 126 Å². The van der Waals surface area contributed by atoms with E-state index in [2.05, 4.69) is 4.90 Å². The summed E-state index contributed by atoms with van der Waals surface area (Å²) in [5, 5.41) is 0. The topological polar surface area (TPSA) is 75.9 Å². The summed E-state index contributed by atoms with van der Waals surface area (Å²) < 4.78 is 5.10. The third kappa shape index (κ3) is 4.41. The Hall–Kier alpha value is -1.14. The van der Waals surface area contributed by atoms with E-state index in [1.165, 1.54) is 0 Å². The van der Waals surface area contributed by atoms with Gasteiger partial charge >= 0.3 is 5.97 Å². The second-order valence-electron chi connectivity index (χ2n) is 5.96. The molecule has 2 aliphatic heterocycles. The van der Waals surface area contributed by atoms with Crippen LogP contribution in [0.2, 0.25) is 0 Å². The number of hydrogen-bond acceptors (Lipinski definition) is 5. The molecule has 21 heavy (non-hydrogen) atoms. The Morgan fingerprint density at radius 2 is 1.86 bits per heavy atom. The smallest absolute Gasteiger partial charge is 0.328 e. The SMILES string of the molecule is CCOC(=O)C1CCCCN1C(=O)CN1CCC(N)CC1. The van der Waals surface area contributed by atoms with Crippen molar-refractivity contribution in [1.29, 1.82) is 0 Å². The zero-order chi connectivity index (χ0) is 15.2. The molecule has 0 spiro atoms. The zero-order valence-corrected chi connectivity index (χ0v) is 12.9. The van der Waals surface area contributed by atoms with Crippen molar-refractivity contribution in [2.45, 2.75) is 51.1 Å². The Morgan fingerprint density at radius 1 is 1.14 bits per heavy atom. The van der Waals surface area contributed by atoms with E-state index in [1.807, 2.05) is 0 Å². The predicted octanol–water partition coefficient (Wildman–Crippen LogP) is 0.354. The number of nitrogens with zero attached hydrogens (tertiary/aromatic N) is 2. The highest BCUT2D eigenvalue weighted by Crippen LogP contribution is 2.19. The minimum Gasteiger partial charge on any atom is -0.464 e. The van der Waals surface area contributed by atoms with Crippen molar-refractivity contribution in [3.63, 3.8) is 0 Å². The summed E-state index contributed by atoms with van der Waals surface area (Å²) in [7, 11) is 0. The fourth-order valence-electron chi connectivity index (χ4n) is 3.11. The fourth-order valence-corrected chi connectivity index (χ4v) is 3.11. The average molecular weight is 297 g/mol. The number of piperidine rings is 2. The molecule has 6 heteroatoms. The first-order chi connectivity index (χ1) is 10.1. The summed E-state index contributed by atoms with van der Waals surface area (Å²) >= 11 is 0. The number of amides is 1. The first-order valence-electron chi connectivity index (χ1n) is 8.06. The van der Waals surface area contributed by atoms with Crippen LogP contribution in [0.1, 0.15) is 39.0 Å². The third-order valence-corrected chi connectivity index (χ3v) is 4.37. The number of carbonyl (C=O) groups is 2. The predicted molar refractivity (Wildman–Crippen MR) is 79.6 cm³/mol. The molecule has 0 aliphatic carbocycles. The number of carbonyl (C=O) groups excluding carboxylic acids is 2. The van der Waals surface area contributed by atoms with E-state index >= 15 is 0 Å². The van der Waals surface area contributed by atoms with Gasteiger partial charge in [-0.2, -0.15) is 0 Å². The van der Waals surface area contributed by atoms with Crippen molar-refractivity contribution in [3.05, 3.63) is 0 Å². The van der Waals surface area contributed by atoms with Gasteiger partial charge in [0, 0.05) is 25.7 Å². The molecule has 0 aromatic heterocycles. The summed E-state index contributed by atoms with van der Waals surface area (Å²) in [6, 6.07) is -0.128. The van der Waals surface area contributed by atoms with Gasteiger partial charge in [0.2, 0.25) is 5.91 Å². The van der Waals surface area contributed by atoms with Crippen LogP contribution < -0.4 is 5.73 Å². The minimum atomic E-state index is -0.391. The molecule has 2 rings (SSSR count). The first-order valence-corrected chi connectivity index (χ1v) is 8.06. The van der Waals surface area contributed by atoms with E-state index in [-0.39, 0.29) is 17.9 Å². The van der Waals surface area contributed by atoms with Crippen LogP contribution in [0.3, 0.4) is 0 Å². The van der Waals surface area contributed by atoms with Crippen LogP contribution >= 0.6 is 0 Å². The van der Waals surface area contributed by atoms with Gasteiger partial charge in [-0.1, -0.05) is 0 Å². The van der Waals surface area contributed by atoms with Crippen LogP contribution in [0, 0.1) is 0 Å². The lowest BCUT2D eigenvalue weighted by atomic mass is 10.0. The molecule has 0 saturated carbocycles. The molecule has 0 radical (unpaired) electrons. The molecule has 0 aromatic carbocycles. The highest BCUT2D eigenvalue weighted by molar-refractivity contribution is 5.85. The summed E-state index contributed by atoms with van der Waals surface area (Å²) in [6.07, 6.45) is 4.54. The monoisotopic (exact) mass is 297 g/mol. The van der Waals surface area contributed by atoms with Crippen molar-refractivity contribution >= 4 is 11.9 Å². The molecule has 1 unspecified atom stereocenters. The summed E-state index contributed by atoms with van der Waals surface area (Å²) in [4.78, 5) is 28.4. The third-order valence-electron chi connectivity index (χ3n) is 4.37. The minimum absolute atomic E-state index is 0.0447. The molecule has 0 aromatic rings. The Morgan fingerprint density at radius 3 is 2.52 bits per heavy atom. The molecule has 2 saturated heterocycles. The molecule has 2 aliphatic rings. The van der Waals surface area contributed by atoms with Gasteiger partial charge in [-0.3, -0.25) is 9.69 Å². The van der Waals surface area contributed by atoms with Gasteiger partial charge in [0.15, 0.2) is 0 Å². The fraction of sp³-hybridized carbons (Fsp3) is 0.867. The number of nitrogens with two attached hydrogens (primary N) is 1. The van der Waals surface area contributed by atoms with Crippen LogP contribution in [-0.4, -0.2) is 66.5 Å². The lowest BCUT2D eigenvalue weighted by Crippen LogP contribution is -2.52. The molecule has 120 valence electrons. The number of hydrogen-bond donors (Lipinski definition) is 1. The molecule has 2 N–H and O–H groups in total. The van der Waals surface area contributed by atoms with E-state index in [1.54, 1.807) is 11.8 Å². The zero-order valence-electron chi connectivity index (χ0n) is 12.9. The van der Waals surface area contributed by atoms with Crippen LogP contribution in [-0.2, 0) is 14.3 Å². The number of rotatable bonds is 4. The molecule has 1 amide bonds. The van der Waals surface area contributed by atoms with Crippen LogP contribution in [0.25, 0.3) is 0 Å². The van der Waals surface area contributed by atoms with Gasteiger partial charge in [0.25, 0.3) is 0 Å². The lowest BCUT2D eigenvalue weighted by Gasteiger charge is -2.36. The van der Waals surface area contributed by atoms with Crippen molar-refractivity contribution in [2.24, 2.45) is 5.73 Å². The summed E-state index contributed by atoms with van der Waals surface area (Å²) in [5.41, 5.74) is 5.88. The van der Waals surface area contributed by atoms with Crippen molar-refractivity contribution < 1.29 is 14.3 Å². The standard InChI is InChI=1S/C15H27N3O3/c1-2-21-15(20)13-5-3-4-8-18(13)14(19)11-17-9-6-12(16)7-10-17/h12-13H,2-11,16H2,1H3. The molecular formula is C15H27N3O3. The average Bonchev–Trinajstić information content (AvgIpc) is 2.50. The van der Waals surface area contributed by atoms with Gasteiger partial charge in [-0.15, -0.1) is 0 Å². The van der Waals surface area contributed by atoms with Crippen LogP contribution in [0.15, 0.2) is 0 Å². The Bertz CT molecular complexity index is 367. The quantitative estimate of drug-likeness (QED) is 0.758. The summed E-state index contributed by atoms with van der Waals surface area (Å²) in [6.45, 7) is 4.94. The maximum absolute atomic E-state index is 12.5. The van der Waals surface area contributed by atoms with Gasteiger partial charge in [0.05, 0.1) is 13.2 Å². The van der Waals surface area contributed by atoms with Crippen molar-refractivity contribution in [2.75, 3.05) is 32.8 Å². The second-order valence-corrected chi connectivity index (χ2v) is 5.96. The Balaban J connectivity index is 1.90. The largest absolute Gasteiger partial charge is 0.464 e. The maximum Gasteiger partial charge on any atom is 0.328 e. The van der Waals surface area contributed by atoms with Gasteiger partial charge < -0.3 is 15.4 Å². The van der Waals surface area contributed by atoms with Gasteiger partial charge in [-0.05, 0) is 39.0 Å². The molecule has 0 bridgehead atoms. The first kappa shape index (κ1) is 16.2.